The van der Waals surface area contributed by atoms with Crippen LogP contribution in [-0.4, -0.2) is 49.2 Å². The molecule has 11 heteroatoms. The minimum absolute atomic E-state index is 0.0995. The van der Waals surface area contributed by atoms with Crippen LogP contribution >= 0.6 is 0 Å². The molecule has 4 aromatic heterocycles. The van der Waals surface area contributed by atoms with E-state index in [1.165, 1.54) is 20.2 Å². The smallest absolute Gasteiger partial charge is 0.255 e. The average Bonchev–Trinajstić information content (AvgIpc) is 3.59. The molecule has 0 unspecified atom stereocenters. The molecule has 6 aromatic rings. The highest BCUT2D eigenvalue weighted by molar-refractivity contribution is 7.92. The van der Waals surface area contributed by atoms with Crippen LogP contribution < -0.4 is 9.62 Å². The van der Waals surface area contributed by atoms with Crippen LogP contribution in [0.25, 0.3) is 56.0 Å². The number of amides is 1. The number of nitrogens with one attached hydrogen (secondary N) is 1. The van der Waals surface area contributed by atoms with Gasteiger partial charge in [0.2, 0.25) is 15.7 Å². The fourth-order valence-corrected chi connectivity index (χ4v) is 6.29. The van der Waals surface area contributed by atoms with Crippen molar-refractivity contribution in [3.05, 3.63) is 89.2 Å². The molecule has 5 heterocycles. The van der Waals surface area contributed by atoms with Gasteiger partial charge < -0.3 is 14.3 Å². The number of hydrogen-bond donors (Lipinski definition) is 1. The summed E-state index contributed by atoms with van der Waals surface area (Å²) in [5.74, 6) is -0.259. The maximum absolute atomic E-state index is 14.7. The van der Waals surface area contributed by atoms with Crippen molar-refractivity contribution in [2.75, 3.05) is 24.7 Å². The predicted octanol–water partition coefficient (Wildman–Crippen LogP) is 5.94. The van der Waals surface area contributed by atoms with E-state index >= 15 is 0 Å². The van der Waals surface area contributed by atoms with Gasteiger partial charge >= 0.3 is 0 Å². The van der Waals surface area contributed by atoms with E-state index in [2.05, 4.69) is 14.9 Å². The summed E-state index contributed by atoms with van der Waals surface area (Å²) >= 11 is 0. The van der Waals surface area contributed by atoms with E-state index in [4.69, 9.17) is 9.40 Å². The number of rotatable bonds is 5. The van der Waals surface area contributed by atoms with Crippen LogP contribution in [0.2, 0.25) is 0 Å². The maximum atomic E-state index is 14.7. The van der Waals surface area contributed by atoms with Gasteiger partial charge in [0, 0.05) is 37.2 Å². The summed E-state index contributed by atoms with van der Waals surface area (Å²) in [6.07, 6.45) is 1.79. The Bertz CT molecular complexity index is 2250. The molecule has 2 aromatic carbocycles. The first-order valence-corrected chi connectivity index (χ1v) is 15.9. The van der Waals surface area contributed by atoms with Crippen molar-refractivity contribution in [1.82, 2.24) is 19.9 Å². The fraction of sp³-hybridized carbons (Fsp3) is 0.182. The van der Waals surface area contributed by atoms with Crippen LogP contribution in [0.5, 0.6) is 0 Å². The Morgan fingerprint density at radius 3 is 2.55 bits per heavy atom. The van der Waals surface area contributed by atoms with Crippen LogP contribution in [0.1, 0.15) is 21.5 Å². The molecule has 0 saturated heterocycles. The van der Waals surface area contributed by atoms with Crippen LogP contribution in [-0.2, 0) is 23.0 Å². The molecule has 0 radical (unpaired) electrons. The van der Waals surface area contributed by atoms with E-state index in [0.29, 0.717) is 52.0 Å². The van der Waals surface area contributed by atoms with E-state index < -0.39 is 10.0 Å². The van der Waals surface area contributed by atoms with Gasteiger partial charge in [-0.25, -0.2) is 17.8 Å². The van der Waals surface area contributed by atoms with Crippen LogP contribution in [0, 0.1) is 12.7 Å². The summed E-state index contributed by atoms with van der Waals surface area (Å²) in [6.45, 7) is 2.64. The zero-order chi connectivity index (χ0) is 30.9. The van der Waals surface area contributed by atoms with Gasteiger partial charge in [-0.05, 0) is 49.2 Å². The number of carbonyl (C=O) groups excluding carboxylic acids is 1. The molecule has 1 aliphatic heterocycles. The van der Waals surface area contributed by atoms with Crippen molar-refractivity contribution in [2.24, 2.45) is 0 Å². The van der Waals surface area contributed by atoms with Crippen molar-refractivity contribution in [2.45, 2.75) is 19.9 Å². The number of fused-ring (bicyclic) bond motifs is 6. The quantitative estimate of drug-likeness (QED) is 0.259. The third-order valence-electron chi connectivity index (χ3n) is 8.22. The molecule has 0 fully saturated rings. The summed E-state index contributed by atoms with van der Waals surface area (Å²) in [7, 11) is -0.801. The molecule has 0 saturated carbocycles. The second kappa shape index (κ2) is 10.0. The average molecular weight is 610 g/mol. The van der Waals surface area contributed by atoms with Gasteiger partial charge in [0.05, 0.1) is 39.8 Å². The van der Waals surface area contributed by atoms with E-state index in [1.807, 2.05) is 49.4 Å². The fourth-order valence-electron chi connectivity index (χ4n) is 5.84. The van der Waals surface area contributed by atoms with Crippen LogP contribution in [0.15, 0.2) is 71.1 Å². The predicted molar refractivity (Wildman–Crippen MR) is 169 cm³/mol. The summed E-state index contributed by atoms with van der Waals surface area (Å²) in [5.41, 5.74) is 6.20. The van der Waals surface area contributed by atoms with Crippen molar-refractivity contribution >= 4 is 43.8 Å². The minimum atomic E-state index is -3.75. The lowest BCUT2D eigenvalue weighted by Crippen LogP contribution is -2.26. The highest BCUT2D eigenvalue weighted by Gasteiger charge is 2.29. The lowest BCUT2D eigenvalue weighted by molar-refractivity contribution is 0.0964. The van der Waals surface area contributed by atoms with E-state index in [-0.39, 0.29) is 28.8 Å². The van der Waals surface area contributed by atoms with Crippen LogP contribution in [0.4, 0.5) is 10.2 Å². The monoisotopic (exact) mass is 609 g/mol. The minimum Gasteiger partial charge on any atom is -0.437 e. The van der Waals surface area contributed by atoms with Gasteiger partial charge in [-0.15, -0.1) is 0 Å². The number of halogens is 1. The van der Waals surface area contributed by atoms with Gasteiger partial charge in [-0.1, -0.05) is 42.0 Å². The Labute approximate surface area is 253 Å². The van der Waals surface area contributed by atoms with Crippen molar-refractivity contribution in [3.8, 4) is 34.0 Å². The summed E-state index contributed by atoms with van der Waals surface area (Å²) in [6, 6.07) is 19.9. The molecule has 0 spiro atoms. The molecule has 0 atom stereocenters. The molecule has 1 amide bonds. The third kappa shape index (κ3) is 4.34. The lowest BCUT2D eigenvalue weighted by atomic mass is 10.0. The first kappa shape index (κ1) is 27.8. The Hall–Kier alpha value is -5.03. The standard InChI is InChI=1S/C33H28FN5O4S/c1-18-8-10-20(11-9-18)30-28(32(40)35-2)23-16-22(31(37-33(23)43-30)38(3)44(4,41)42)25-13-12-19-14-15-39-26-7-5-6-24(34)21(26)17-27(39)29(19)36-25/h5-13,16-17H,14-15H2,1-4H3,(H,35,40). The Balaban J connectivity index is 1.50. The second-order valence-corrected chi connectivity index (χ2v) is 13.0. The van der Waals surface area contributed by atoms with Gasteiger partial charge in [0.1, 0.15) is 11.6 Å². The first-order valence-electron chi connectivity index (χ1n) is 14.0. The summed E-state index contributed by atoms with van der Waals surface area (Å²) < 4.78 is 49.6. The number of anilines is 1. The molecule has 222 valence electrons. The second-order valence-electron chi connectivity index (χ2n) is 11.0. The molecular formula is C33H28FN5O4S. The Morgan fingerprint density at radius 1 is 1.05 bits per heavy atom. The highest BCUT2D eigenvalue weighted by atomic mass is 32.2. The number of pyridine rings is 2. The molecular weight excluding hydrogens is 581 g/mol. The summed E-state index contributed by atoms with van der Waals surface area (Å²) in [5, 5.41) is 3.62. The number of carbonyl (C=O) groups is 1. The molecule has 44 heavy (non-hydrogen) atoms. The number of hydrogen-bond acceptors (Lipinski definition) is 6. The molecule has 0 bridgehead atoms. The van der Waals surface area contributed by atoms with E-state index in [9.17, 15) is 17.6 Å². The molecule has 0 aliphatic carbocycles. The number of sulfonamides is 1. The van der Waals surface area contributed by atoms with E-state index in [0.717, 1.165) is 32.9 Å². The maximum Gasteiger partial charge on any atom is 0.255 e. The zero-order valence-electron chi connectivity index (χ0n) is 24.5. The van der Waals surface area contributed by atoms with Crippen LogP contribution in [0.3, 0.4) is 0 Å². The number of aryl methyl sites for hydroxylation is 3. The number of benzene rings is 2. The van der Waals surface area contributed by atoms with Gasteiger partial charge in [0.25, 0.3) is 5.91 Å². The normalized spacial score (nSPS) is 12.8. The molecule has 9 nitrogen and oxygen atoms in total. The van der Waals surface area contributed by atoms with Crippen molar-refractivity contribution in [1.29, 1.82) is 0 Å². The number of aromatic nitrogens is 3. The molecule has 1 aliphatic rings. The van der Waals surface area contributed by atoms with E-state index in [1.54, 1.807) is 18.2 Å². The summed E-state index contributed by atoms with van der Waals surface area (Å²) in [4.78, 5) is 22.9. The Kier molecular flexibility index (Phi) is 6.33. The van der Waals surface area contributed by atoms with Crippen molar-refractivity contribution < 1.29 is 22.0 Å². The first-order chi connectivity index (χ1) is 21.0. The number of furan rings is 1. The van der Waals surface area contributed by atoms with Crippen molar-refractivity contribution in [3.63, 3.8) is 0 Å². The lowest BCUT2D eigenvalue weighted by Gasteiger charge is -2.22. The SMILES string of the molecule is CNC(=O)c1c(-c2ccc(C)cc2)oc2nc(N(C)S(C)(=O)=O)c(-c3ccc4c(n3)-c3cc5c(F)cccc5n3CC4)cc12. The van der Waals surface area contributed by atoms with Gasteiger partial charge in [-0.2, -0.15) is 4.98 Å². The largest absolute Gasteiger partial charge is 0.437 e. The topological polar surface area (TPSA) is 110 Å². The molecule has 1 N–H and O–H groups in total. The highest BCUT2D eigenvalue weighted by Crippen LogP contribution is 2.41. The Morgan fingerprint density at radius 2 is 1.82 bits per heavy atom. The number of nitrogens with zero attached hydrogens (tertiary/aromatic N) is 4. The van der Waals surface area contributed by atoms with Gasteiger partial charge in [-0.3, -0.25) is 9.10 Å². The van der Waals surface area contributed by atoms with Gasteiger partial charge in [0.15, 0.2) is 5.82 Å². The third-order valence-corrected chi connectivity index (χ3v) is 9.39. The zero-order valence-corrected chi connectivity index (χ0v) is 25.3. The molecule has 7 rings (SSSR count).